The number of hydrogen-bond donors (Lipinski definition) is 3. The van der Waals surface area contributed by atoms with E-state index in [2.05, 4.69) is 4.98 Å². The topological polar surface area (TPSA) is 124 Å². The highest BCUT2D eigenvalue weighted by molar-refractivity contribution is 5.95. The number of pyridine rings is 1. The molecule has 1 fully saturated rings. The van der Waals surface area contributed by atoms with Crippen LogP contribution in [0.25, 0.3) is 11.3 Å². The van der Waals surface area contributed by atoms with Gasteiger partial charge < -0.3 is 15.7 Å². The number of carboxylic acid groups (broad SMARTS) is 1. The summed E-state index contributed by atoms with van der Waals surface area (Å²) in [6.07, 6.45) is 1.50. The van der Waals surface area contributed by atoms with Gasteiger partial charge in [0.2, 0.25) is 0 Å². The molecular weight excluding hydrogens is 334 g/mol. The SMILES string of the molecule is N=C(N)c1ccc(-c2ccc(N3CCN(CCC(=O)O)C3=O)cc2)nc1. The Morgan fingerprint density at radius 3 is 2.50 bits per heavy atom. The molecule has 0 spiro atoms. The largest absolute Gasteiger partial charge is 0.481 e. The first-order chi connectivity index (χ1) is 12.5. The van der Waals surface area contributed by atoms with Crippen molar-refractivity contribution >= 4 is 23.5 Å². The maximum absolute atomic E-state index is 12.4. The van der Waals surface area contributed by atoms with Gasteiger partial charge in [-0.3, -0.25) is 20.1 Å². The Balaban J connectivity index is 1.70. The first-order valence-electron chi connectivity index (χ1n) is 8.15. The predicted octanol–water partition coefficient (Wildman–Crippen LogP) is 1.75. The number of amides is 2. The molecule has 26 heavy (non-hydrogen) atoms. The van der Waals surface area contributed by atoms with Crippen LogP contribution < -0.4 is 10.6 Å². The van der Waals surface area contributed by atoms with Gasteiger partial charge in [-0.25, -0.2) is 4.79 Å². The Morgan fingerprint density at radius 2 is 1.92 bits per heavy atom. The van der Waals surface area contributed by atoms with Crippen LogP contribution in [-0.4, -0.2) is 52.5 Å². The molecule has 2 amide bonds. The Hall–Kier alpha value is -3.42. The molecule has 0 saturated carbocycles. The third-order valence-corrected chi connectivity index (χ3v) is 4.24. The standard InChI is InChI=1S/C18H19N5O3/c19-17(20)13-3-6-15(21-11-13)12-1-4-14(5-2-12)23-10-9-22(18(23)26)8-7-16(24)25/h1-6,11H,7-10H2,(H3,19,20)(H,24,25). The van der Waals surface area contributed by atoms with Gasteiger partial charge in [0.1, 0.15) is 5.84 Å². The number of hydrogen-bond acceptors (Lipinski definition) is 4. The number of nitrogens with one attached hydrogen (secondary N) is 1. The van der Waals surface area contributed by atoms with Crippen LogP contribution in [0.3, 0.4) is 0 Å². The number of aliphatic carboxylic acids is 1. The van der Waals surface area contributed by atoms with Crippen molar-refractivity contribution in [3.63, 3.8) is 0 Å². The lowest BCUT2D eigenvalue weighted by Gasteiger charge is -2.18. The summed E-state index contributed by atoms with van der Waals surface area (Å²) in [6.45, 7) is 1.26. The smallest absolute Gasteiger partial charge is 0.324 e. The number of carbonyl (C=O) groups excluding carboxylic acids is 1. The van der Waals surface area contributed by atoms with Gasteiger partial charge in [-0.1, -0.05) is 12.1 Å². The maximum Gasteiger partial charge on any atom is 0.324 e. The second-order valence-corrected chi connectivity index (χ2v) is 5.96. The number of rotatable bonds is 6. The molecule has 0 radical (unpaired) electrons. The van der Waals surface area contributed by atoms with Crippen LogP contribution in [0.4, 0.5) is 10.5 Å². The van der Waals surface area contributed by atoms with Crippen LogP contribution in [0.15, 0.2) is 42.6 Å². The highest BCUT2D eigenvalue weighted by Crippen LogP contribution is 2.24. The summed E-state index contributed by atoms with van der Waals surface area (Å²) in [7, 11) is 0. The zero-order valence-corrected chi connectivity index (χ0v) is 14.1. The molecule has 2 heterocycles. The van der Waals surface area contributed by atoms with Crippen LogP contribution in [0.5, 0.6) is 0 Å². The van der Waals surface area contributed by atoms with E-state index >= 15 is 0 Å². The van der Waals surface area contributed by atoms with Crippen LogP contribution in [0.2, 0.25) is 0 Å². The molecule has 2 aromatic rings. The molecule has 0 atom stereocenters. The molecule has 1 saturated heterocycles. The number of nitrogens with two attached hydrogens (primary N) is 1. The second kappa shape index (κ2) is 7.22. The minimum Gasteiger partial charge on any atom is -0.481 e. The van der Waals surface area contributed by atoms with E-state index in [1.165, 1.54) is 0 Å². The van der Waals surface area contributed by atoms with Crippen molar-refractivity contribution in [1.29, 1.82) is 5.41 Å². The lowest BCUT2D eigenvalue weighted by atomic mass is 10.1. The van der Waals surface area contributed by atoms with Crippen LogP contribution in [0.1, 0.15) is 12.0 Å². The van der Waals surface area contributed by atoms with Crippen molar-refractivity contribution in [3.8, 4) is 11.3 Å². The van der Waals surface area contributed by atoms with E-state index in [0.29, 0.717) is 18.7 Å². The molecule has 1 aliphatic heterocycles. The van der Waals surface area contributed by atoms with E-state index in [0.717, 1.165) is 16.9 Å². The number of aromatic nitrogens is 1. The quantitative estimate of drug-likeness (QED) is 0.539. The third kappa shape index (κ3) is 3.64. The first kappa shape index (κ1) is 17.4. The van der Waals surface area contributed by atoms with Crippen molar-refractivity contribution in [3.05, 3.63) is 48.2 Å². The summed E-state index contributed by atoms with van der Waals surface area (Å²) in [5.41, 5.74) is 8.38. The lowest BCUT2D eigenvalue weighted by molar-refractivity contribution is -0.137. The minimum atomic E-state index is -0.913. The highest BCUT2D eigenvalue weighted by Gasteiger charge is 2.29. The summed E-state index contributed by atoms with van der Waals surface area (Å²) < 4.78 is 0. The summed E-state index contributed by atoms with van der Waals surface area (Å²) >= 11 is 0. The zero-order chi connectivity index (χ0) is 18.7. The first-order valence-corrected chi connectivity index (χ1v) is 8.15. The Bertz CT molecular complexity index is 833. The van der Waals surface area contributed by atoms with E-state index in [1.54, 1.807) is 28.1 Å². The summed E-state index contributed by atoms with van der Waals surface area (Å²) in [6, 6.07) is 10.8. The molecule has 134 valence electrons. The van der Waals surface area contributed by atoms with Gasteiger partial charge in [-0.15, -0.1) is 0 Å². The van der Waals surface area contributed by atoms with Crippen molar-refractivity contribution in [2.24, 2.45) is 5.73 Å². The van der Waals surface area contributed by atoms with E-state index in [9.17, 15) is 9.59 Å². The molecular formula is C18H19N5O3. The normalized spacial score (nSPS) is 13.9. The van der Waals surface area contributed by atoms with E-state index < -0.39 is 5.97 Å². The van der Waals surface area contributed by atoms with Gasteiger partial charge in [-0.05, 0) is 24.3 Å². The summed E-state index contributed by atoms with van der Waals surface area (Å²) in [5, 5.41) is 16.1. The molecule has 8 nitrogen and oxygen atoms in total. The van der Waals surface area contributed by atoms with Crippen molar-refractivity contribution in [1.82, 2.24) is 9.88 Å². The summed E-state index contributed by atoms with van der Waals surface area (Å²) in [5.74, 6) is -0.941. The molecule has 1 aromatic carbocycles. The number of carboxylic acids is 1. The number of benzene rings is 1. The zero-order valence-electron chi connectivity index (χ0n) is 14.1. The minimum absolute atomic E-state index is 0.0283. The number of carbonyl (C=O) groups is 2. The van der Waals surface area contributed by atoms with E-state index in [4.69, 9.17) is 16.2 Å². The summed E-state index contributed by atoms with van der Waals surface area (Å²) in [4.78, 5) is 30.5. The number of amidine groups is 1. The fourth-order valence-corrected chi connectivity index (χ4v) is 2.80. The van der Waals surface area contributed by atoms with Crippen LogP contribution in [0, 0.1) is 5.41 Å². The number of nitrogen functional groups attached to an aromatic ring is 1. The van der Waals surface area contributed by atoms with Crippen molar-refractivity contribution < 1.29 is 14.7 Å². The molecule has 8 heteroatoms. The fourth-order valence-electron chi connectivity index (χ4n) is 2.80. The molecule has 0 unspecified atom stereocenters. The van der Waals surface area contributed by atoms with E-state index in [-0.39, 0.29) is 24.8 Å². The molecule has 0 bridgehead atoms. The fraction of sp³-hybridized carbons (Fsp3) is 0.222. The third-order valence-electron chi connectivity index (χ3n) is 4.24. The average Bonchev–Trinajstić information content (AvgIpc) is 3.01. The van der Waals surface area contributed by atoms with Gasteiger partial charge >= 0.3 is 12.0 Å². The van der Waals surface area contributed by atoms with Crippen LogP contribution >= 0.6 is 0 Å². The van der Waals surface area contributed by atoms with Gasteiger partial charge in [0.15, 0.2) is 0 Å². The number of urea groups is 1. The molecule has 4 N–H and O–H groups in total. The molecule has 1 aromatic heterocycles. The Morgan fingerprint density at radius 1 is 1.19 bits per heavy atom. The van der Waals surface area contributed by atoms with Gasteiger partial charge in [0, 0.05) is 42.6 Å². The van der Waals surface area contributed by atoms with Crippen LogP contribution in [-0.2, 0) is 4.79 Å². The number of nitrogens with zero attached hydrogens (tertiary/aromatic N) is 3. The maximum atomic E-state index is 12.4. The van der Waals surface area contributed by atoms with Crippen molar-refractivity contribution in [2.45, 2.75) is 6.42 Å². The Labute approximate surface area is 150 Å². The van der Waals surface area contributed by atoms with Gasteiger partial charge in [-0.2, -0.15) is 0 Å². The predicted molar refractivity (Wildman–Crippen MR) is 97.3 cm³/mol. The second-order valence-electron chi connectivity index (χ2n) is 5.96. The van der Waals surface area contributed by atoms with Gasteiger partial charge in [0.05, 0.1) is 12.1 Å². The molecule has 3 rings (SSSR count). The highest BCUT2D eigenvalue weighted by atomic mass is 16.4. The molecule has 1 aliphatic rings. The Kier molecular flexibility index (Phi) is 4.83. The van der Waals surface area contributed by atoms with Crippen molar-refractivity contribution in [2.75, 3.05) is 24.5 Å². The monoisotopic (exact) mass is 353 g/mol. The average molecular weight is 353 g/mol. The van der Waals surface area contributed by atoms with Gasteiger partial charge in [0.25, 0.3) is 0 Å². The molecule has 0 aliphatic carbocycles. The lowest BCUT2D eigenvalue weighted by Crippen LogP contribution is -2.33. The van der Waals surface area contributed by atoms with E-state index in [1.807, 2.05) is 24.3 Å². The number of anilines is 1.